The van der Waals surface area contributed by atoms with Gasteiger partial charge in [-0.05, 0) is 127 Å². The Bertz CT molecular complexity index is 3850. The summed E-state index contributed by atoms with van der Waals surface area (Å²) in [7, 11) is 2.06. The maximum Gasteiger partial charge on any atom is 0.144 e. The van der Waals surface area contributed by atoms with Gasteiger partial charge in [-0.2, -0.15) is 0 Å². The maximum atomic E-state index is 12.1. The number of rotatable bonds is 6. The van der Waals surface area contributed by atoms with Crippen molar-refractivity contribution in [3.05, 3.63) is 193 Å². The fraction of sp³-hybridized carbons (Fsp3) is 0.200. The molecule has 70 heavy (non-hydrogen) atoms. The highest BCUT2D eigenvalue weighted by Crippen LogP contribution is 2.45. The predicted molar refractivity (Wildman–Crippen MR) is 295 cm³/mol. The van der Waals surface area contributed by atoms with E-state index in [-0.39, 0.29) is 22.0 Å². The molecular weight excluding hydrogens is 853 g/mol. The SMILES string of the molecule is Cn1c(-c2ccc(-c3c(C(C)(C)C)ccc4cc(C(C)(C)C)ccc34)cc2O)nc2c(-c3cccc(-c4cc(-c5cccc6c7ccccc7n(-c7ccccc7)c56)ccn4)c3)cc(C(C)(C)C)cc21. The number of fused-ring (bicyclic) bond motifs is 5. The molecule has 1 N–H and O–H groups in total. The Morgan fingerprint density at radius 3 is 1.94 bits per heavy atom. The van der Waals surface area contributed by atoms with E-state index in [2.05, 4.69) is 236 Å². The Labute approximate surface area is 411 Å². The van der Waals surface area contributed by atoms with Crippen LogP contribution in [0.5, 0.6) is 5.75 Å². The fourth-order valence-corrected chi connectivity index (χ4v) is 10.5. The van der Waals surface area contributed by atoms with Crippen molar-refractivity contribution in [1.82, 2.24) is 19.1 Å². The molecule has 0 aliphatic heterocycles. The van der Waals surface area contributed by atoms with Crippen LogP contribution in [-0.4, -0.2) is 24.2 Å². The van der Waals surface area contributed by atoms with Crippen LogP contribution in [0.2, 0.25) is 0 Å². The van der Waals surface area contributed by atoms with Crippen LogP contribution >= 0.6 is 0 Å². The molecule has 346 valence electrons. The fourth-order valence-electron chi connectivity index (χ4n) is 10.5. The van der Waals surface area contributed by atoms with Crippen LogP contribution in [-0.2, 0) is 23.3 Å². The smallest absolute Gasteiger partial charge is 0.144 e. The third-order valence-corrected chi connectivity index (χ3v) is 14.3. The van der Waals surface area contributed by atoms with E-state index in [1.165, 1.54) is 49.3 Å². The van der Waals surface area contributed by atoms with Crippen molar-refractivity contribution in [3.8, 4) is 67.5 Å². The lowest BCUT2D eigenvalue weighted by atomic mass is 9.78. The number of phenolic OH excluding ortho intramolecular Hbond substituents is 1. The van der Waals surface area contributed by atoms with Gasteiger partial charge in [0.25, 0.3) is 0 Å². The number of phenols is 1. The van der Waals surface area contributed by atoms with Crippen LogP contribution in [0.4, 0.5) is 0 Å². The van der Waals surface area contributed by atoms with Crippen molar-refractivity contribution < 1.29 is 5.11 Å². The molecule has 8 aromatic carbocycles. The quantitative estimate of drug-likeness (QED) is 0.181. The van der Waals surface area contributed by atoms with Crippen LogP contribution < -0.4 is 0 Å². The topological polar surface area (TPSA) is 55.9 Å². The normalized spacial score (nSPS) is 12.5. The van der Waals surface area contributed by atoms with Crippen molar-refractivity contribution in [2.75, 3.05) is 0 Å². The Hall–Kier alpha value is -7.76. The summed E-state index contributed by atoms with van der Waals surface area (Å²) in [5.41, 5.74) is 18.0. The molecule has 5 heteroatoms. The van der Waals surface area contributed by atoms with Crippen LogP contribution in [0.15, 0.2) is 176 Å². The van der Waals surface area contributed by atoms with Gasteiger partial charge in [-0.3, -0.25) is 4.98 Å². The molecule has 0 fully saturated rings. The minimum atomic E-state index is -0.134. The third-order valence-electron chi connectivity index (χ3n) is 14.3. The van der Waals surface area contributed by atoms with Gasteiger partial charge in [0, 0.05) is 46.4 Å². The summed E-state index contributed by atoms with van der Waals surface area (Å²) in [4.78, 5) is 10.4. The standard InChI is InChI=1S/C65H60N4O/c1-63(2,3)45-28-30-48-41(35-45)27-31-54(65(7,8)9)59(48)44-26-29-52(58(70)37-44)62-67-60-53(38-46(64(4,5)6)39-57(60)68(62)10)40-18-16-19-43(34-40)55-36-42(32-33-66-55)49-23-17-24-51-50-22-14-15-25-56(50)69(61(49)51)47-20-12-11-13-21-47/h11-39,70H,1-10H3. The average molecular weight is 913 g/mol. The molecule has 0 saturated carbocycles. The highest BCUT2D eigenvalue weighted by atomic mass is 16.3. The van der Waals surface area contributed by atoms with Gasteiger partial charge in [-0.1, -0.05) is 172 Å². The molecule has 0 spiro atoms. The molecule has 0 atom stereocenters. The van der Waals surface area contributed by atoms with E-state index in [1.807, 2.05) is 18.3 Å². The summed E-state index contributed by atoms with van der Waals surface area (Å²) >= 11 is 0. The molecule has 3 aromatic heterocycles. The first-order valence-corrected chi connectivity index (χ1v) is 24.5. The highest BCUT2D eigenvalue weighted by molar-refractivity contribution is 6.14. The summed E-state index contributed by atoms with van der Waals surface area (Å²) in [6, 6.07) is 61.0. The van der Waals surface area contributed by atoms with Gasteiger partial charge < -0.3 is 14.2 Å². The summed E-state index contributed by atoms with van der Waals surface area (Å²) in [5, 5.41) is 16.9. The van der Waals surface area contributed by atoms with E-state index < -0.39 is 0 Å². The number of pyridine rings is 1. The minimum Gasteiger partial charge on any atom is -0.507 e. The summed E-state index contributed by atoms with van der Waals surface area (Å²) in [5.74, 6) is 0.909. The van der Waals surface area contributed by atoms with E-state index in [4.69, 9.17) is 9.97 Å². The summed E-state index contributed by atoms with van der Waals surface area (Å²) in [6.45, 7) is 20.3. The van der Waals surface area contributed by atoms with Gasteiger partial charge in [0.15, 0.2) is 0 Å². The van der Waals surface area contributed by atoms with Crippen LogP contribution in [0, 0.1) is 0 Å². The van der Waals surface area contributed by atoms with Crippen molar-refractivity contribution in [3.63, 3.8) is 0 Å². The Morgan fingerprint density at radius 1 is 0.471 bits per heavy atom. The van der Waals surface area contributed by atoms with E-state index in [0.29, 0.717) is 11.4 Å². The Morgan fingerprint density at radius 2 is 1.19 bits per heavy atom. The molecule has 0 saturated heterocycles. The van der Waals surface area contributed by atoms with Crippen LogP contribution in [0.3, 0.4) is 0 Å². The second-order valence-electron chi connectivity index (χ2n) is 22.2. The van der Waals surface area contributed by atoms with E-state index >= 15 is 0 Å². The second kappa shape index (κ2) is 16.4. The molecule has 0 aliphatic carbocycles. The number of benzene rings is 8. The number of aromatic nitrogens is 4. The Kier molecular flexibility index (Phi) is 10.5. The van der Waals surface area contributed by atoms with Crippen molar-refractivity contribution in [1.29, 1.82) is 0 Å². The number of aryl methyl sites for hydroxylation is 1. The average Bonchev–Trinajstić information content (AvgIpc) is 3.87. The van der Waals surface area contributed by atoms with Crippen LogP contribution in [0.1, 0.15) is 79.0 Å². The molecule has 11 aromatic rings. The monoisotopic (exact) mass is 912 g/mol. The molecular formula is C65H60N4O. The maximum absolute atomic E-state index is 12.1. The number of hydrogen-bond acceptors (Lipinski definition) is 3. The lowest BCUT2D eigenvalue weighted by Gasteiger charge is -2.26. The first kappa shape index (κ1) is 44.7. The third kappa shape index (κ3) is 7.65. The first-order chi connectivity index (χ1) is 33.4. The zero-order valence-corrected chi connectivity index (χ0v) is 42.0. The zero-order chi connectivity index (χ0) is 48.9. The molecule has 0 unspecified atom stereocenters. The second-order valence-corrected chi connectivity index (χ2v) is 22.2. The van der Waals surface area contributed by atoms with E-state index in [0.717, 1.165) is 61.4 Å². The molecule has 0 amide bonds. The molecule has 11 rings (SSSR count). The predicted octanol–water partition coefficient (Wildman–Crippen LogP) is 17.2. The highest BCUT2D eigenvalue weighted by Gasteiger charge is 2.26. The molecule has 0 aliphatic rings. The van der Waals surface area contributed by atoms with Gasteiger partial charge in [0.05, 0.1) is 33.3 Å². The van der Waals surface area contributed by atoms with E-state index in [1.54, 1.807) is 0 Å². The molecule has 0 bridgehead atoms. The minimum absolute atomic E-state index is 0.0337. The molecule has 0 radical (unpaired) electrons. The summed E-state index contributed by atoms with van der Waals surface area (Å²) in [6.07, 6.45) is 1.93. The number of imidazole rings is 1. The number of hydrogen-bond donors (Lipinski definition) is 1. The van der Waals surface area contributed by atoms with Crippen LogP contribution in [0.25, 0.3) is 105 Å². The van der Waals surface area contributed by atoms with Crippen molar-refractivity contribution in [2.24, 2.45) is 7.05 Å². The zero-order valence-electron chi connectivity index (χ0n) is 42.0. The van der Waals surface area contributed by atoms with Gasteiger partial charge in [0.2, 0.25) is 0 Å². The Balaban J connectivity index is 1.02. The largest absolute Gasteiger partial charge is 0.507 e. The van der Waals surface area contributed by atoms with Crippen molar-refractivity contribution >= 4 is 43.6 Å². The lowest BCUT2D eigenvalue weighted by Crippen LogP contribution is -2.14. The number of aromatic hydroxyl groups is 1. The number of nitrogens with zero attached hydrogens (tertiary/aromatic N) is 4. The first-order valence-electron chi connectivity index (χ1n) is 24.5. The van der Waals surface area contributed by atoms with Gasteiger partial charge in [-0.15, -0.1) is 0 Å². The van der Waals surface area contributed by atoms with Gasteiger partial charge >= 0.3 is 0 Å². The van der Waals surface area contributed by atoms with Gasteiger partial charge in [0.1, 0.15) is 11.6 Å². The van der Waals surface area contributed by atoms with Crippen molar-refractivity contribution in [2.45, 2.75) is 78.6 Å². The molecule has 3 heterocycles. The molecule has 5 nitrogen and oxygen atoms in total. The van der Waals surface area contributed by atoms with Gasteiger partial charge in [-0.25, -0.2) is 4.98 Å². The number of para-hydroxylation sites is 3. The van der Waals surface area contributed by atoms with E-state index in [9.17, 15) is 5.11 Å². The lowest BCUT2D eigenvalue weighted by molar-refractivity contribution is 0.477. The summed E-state index contributed by atoms with van der Waals surface area (Å²) < 4.78 is 4.53.